The van der Waals surface area contributed by atoms with Crippen LogP contribution >= 0.6 is 21.4 Å². The Kier molecular flexibility index (Phi) is 4.73. The number of benzene rings is 2. The van der Waals surface area contributed by atoms with E-state index in [0.29, 0.717) is 5.39 Å². The van der Waals surface area contributed by atoms with E-state index in [2.05, 4.69) is 26.3 Å². The third-order valence-electron chi connectivity index (χ3n) is 1.97. The van der Waals surface area contributed by atoms with Crippen LogP contribution in [0.2, 0.25) is 0 Å². The Morgan fingerprint density at radius 1 is 1.11 bits per heavy atom. The highest BCUT2D eigenvalue weighted by atomic mass is 36.0. The second-order valence-electron chi connectivity index (χ2n) is 3.11. The van der Waals surface area contributed by atoms with Gasteiger partial charge in [-0.2, -0.15) is 8.42 Å². The van der Waals surface area contributed by atoms with E-state index in [9.17, 15) is 5.11 Å². The Bertz CT molecular complexity index is 703. The van der Waals surface area contributed by atoms with E-state index in [1.807, 2.05) is 12.1 Å². The SMILES string of the molecule is N#[N+]c1ccc2ccccc2c1[O-].O=S(=O)(Cl)Cl. The molecule has 0 amide bonds. The Morgan fingerprint density at radius 3 is 2.22 bits per heavy atom. The Labute approximate surface area is 112 Å². The molecule has 0 saturated carbocycles. The molecule has 0 N–H and O–H groups in total. The quantitative estimate of drug-likeness (QED) is 0.553. The summed E-state index contributed by atoms with van der Waals surface area (Å²) in [5.41, 5.74) is 0.0821. The molecule has 8 heteroatoms. The van der Waals surface area contributed by atoms with Crippen molar-refractivity contribution in [3.05, 3.63) is 41.4 Å². The number of fused-ring (bicyclic) bond motifs is 1. The third-order valence-corrected chi connectivity index (χ3v) is 1.97. The maximum Gasteiger partial charge on any atom is 0.378 e. The third kappa shape index (κ3) is 4.37. The van der Waals surface area contributed by atoms with E-state index < -0.39 is 8.26 Å². The molecule has 0 atom stereocenters. The van der Waals surface area contributed by atoms with E-state index in [4.69, 9.17) is 13.8 Å². The summed E-state index contributed by atoms with van der Waals surface area (Å²) < 4.78 is 18.3. The first kappa shape index (κ1) is 14.5. The molecule has 2 rings (SSSR count). The van der Waals surface area contributed by atoms with Crippen molar-refractivity contribution in [1.82, 2.24) is 0 Å². The monoisotopic (exact) mass is 304 g/mol. The number of hydrogen-bond acceptors (Lipinski definition) is 4. The van der Waals surface area contributed by atoms with E-state index in [1.54, 1.807) is 18.2 Å². The topological polar surface area (TPSA) is 85.3 Å². The fourth-order valence-electron chi connectivity index (χ4n) is 1.31. The van der Waals surface area contributed by atoms with Crippen LogP contribution < -0.4 is 5.11 Å². The largest absolute Gasteiger partial charge is 0.867 e. The molecule has 0 aliphatic rings. The van der Waals surface area contributed by atoms with Crippen LogP contribution in [0.25, 0.3) is 15.7 Å². The highest BCUT2D eigenvalue weighted by Gasteiger charge is 2.07. The Hall–Kier alpha value is -1.55. The van der Waals surface area contributed by atoms with Gasteiger partial charge in [0, 0.05) is 27.4 Å². The highest BCUT2D eigenvalue weighted by Crippen LogP contribution is 2.31. The molecule has 0 unspecified atom stereocenters. The van der Waals surface area contributed by atoms with Crippen molar-refractivity contribution in [2.75, 3.05) is 0 Å². The van der Waals surface area contributed by atoms with Gasteiger partial charge >= 0.3 is 14.0 Å². The summed E-state index contributed by atoms with van der Waals surface area (Å²) >= 11 is 0. The second-order valence-corrected chi connectivity index (χ2v) is 6.78. The van der Waals surface area contributed by atoms with Gasteiger partial charge in [-0.1, -0.05) is 24.3 Å². The zero-order valence-corrected chi connectivity index (χ0v) is 11.1. The second kappa shape index (κ2) is 5.87. The molecule has 0 aliphatic carbocycles. The molecule has 0 radical (unpaired) electrons. The van der Waals surface area contributed by atoms with Crippen molar-refractivity contribution in [3.63, 3.8) is 0 Å². The predicted molar refractivity (Wildman–Crippen MR) is 68.8 cm³/mol. The van der Waals surface area contributed by atoms with E-state index >= 15 is 0 Å². The van der Waals surface area contributed by atoms with Crippen molar-refractivity contribution in [1.29, 1.82) is 5.39 Å². The van der Waals surface area contributed by atoms with Gasteiger partial charge in [-0.3, -0.25) is 0 Å². The van der Waals surface area contributed by atoms with Gasteiger partial charge in [-0.15, -0.1) is 0 Å². The molecule has 0 bridgehead atoms. The first-order valence-corrected chi connectivity index (χ1v) is 7.64. The average molecular weight is 305 g/mol. The molecule has 0 heterocycles. The van der Waals surface area contributed by atoms with Crippen molar-refractivity contribution in [2.24, 2.45) is 0 Å². The lowest BCUT2D eigenvalue weighted by Gasteiger charge is -2.05. The molecule has 0 spiro atoms. The van der Waals surface area contributed by atoms with Crippen molar-refractivity contribution < 1.29 is 13.5 Å². The van der Waals surface area contributed by atoms with Gasteiger partial charge in [0.2, 0.25) is 5.39 Å². The smallest absolute Gasteiger partial charge is 0.378 e. The van der Waals surface area contributed by atoms with Crippen LogP contribution in [-0.2, 0) is 8.26 Å². The van der Waals surface area contributed by atoms with E-state index in [-0.39, 0.29) is 11.4 Å². The van der Waals surface area contributed by atoms with Gasteiger partial charge in [-0.25, -0.2) is 0 Å². The van der Waals surface area contributed by atoms with Gasteiger partial charge in [-0.05, 0) is 22.6 Å². The fraction of sp³-hybridized carbons (Fsp3) is 0. The maximum atomic E-state index is 11.5. The van der Waals surface area contributed by atoms with E-state index in [0.717, 1.165) is 5.39 Å². The van der Waals surface area contributed by atoms with Gasteiger partial charge in [0.1, 0.15) is 0 Å². The molecule has 0 aliphatic heterocycles. The van der Waals surface area contributed by atoms with Crippen LogP contribution in [0.15, 0.2) is 36.4 Å². The fourth-order valence-corrected chi connectivity index (χ4v) is 1.31. The Balaban J connectivity index is 0.000000280. The molecule has 94 valence electrons. The minimum atomic E-state index is -3.72. The normalized spacial score (nSPS) is 10.3. The number of diazo groups is 1. The zero-order valence-electron chi connectivity index (χ0n) is 8.75. The molecule has 0 saturated heterocycles. The lowest BCUT2D eigenvalue weighted by atomic mass is 10.1. The van der Waals surface area contributed by atoms with Gasteiger partial charge in [0.05, 0.1) is 0 Å². The number of halogens is 2. The van der Waals surface area contributed by atoms with Gasteiger partial charge < -0.3 is 5.11 Å². The van der Waals surface area contributed by atoms with E-state index in [1.165, 1.54) is 6.07 Å². The Morgan fingerprint density at radius 2 is 1.67 bits per heavy atom. The van der Waals surface area contributed by atoms with Crippen molar-refractivity contribution in [2.45, 2.75) is 0 Å². The summed E-state index contributed by atoms with van der Waals surface area (Å²) in [6, 6.07) is 10.5. The molecule has 5 nitrogen and oxygen atoms in total. The van der Waals surface area contributed by atoms with Crippen LogP contribution in [0.5, 0.6) is 5.75 Å². The number of hydrogen-bond donors (Lipinski definition) is 0. The number of rotatable bonds is 0. The van der Waals surface area contributed by atoms with Crippen LogP contribution in [-0.4, -0.2) is 8.42 Å². The molecule has 0 aromatic heterocycles. The van der Waals surface area contributed by atoms with Crippen LogP contribution in [0.4, 0.5) is 5.69 Å². The highest BCUT2D eigenvalue weighted by molar-refractivity contribution is 8.31. The molecule has 2 aromatic carbocycles. The van der Waals surface area contributed by atoms with Crippen LogP contribution in [0.1, 0.15) is 0 Å². The van der Waals surface area contributed by atoms with Gasteiger partial charge in [0.15, 0.2) is 4.98 Å². The lowest BCUT2D eigenvalue weighted by molar-refractivity contribution is -0.264. The summed E-state index contributed by atoms with van der Waals surface area (Å²) in [4.78, 5) is 2.91. The molecule has 0 fully saturated rings. The molecule has 18 heavy (non-hydrogen) atoms. The van der Waals surface area contributed by atoms with Crippen molar-refractivity contribution in [3.8, 4) is 5.75 Å². The standard InChI is InChI=1S/C10H6N2O.Cl2O2S/c11-12-9-6-5-7-3-1-2-4-8(7)10(9)13;1-5(2,3)4/h1-6H;. The summed E-state index contributed by atoms with van der Waals surface area (Å²) in [5.74, 6) is -0.236. The molecule has 2 aromatic rings. The van der Waals surface area contributed by atoms with Gasteiger partial charge in [0.25, 0.3) is 0 Å². The summed E-state index contributed by atoms with van der Waals surface area (Å²) in [6.07, 6.45) is 0. The zero-order chi connectivity index (χ0) is 13.8. The van der Waals surface area contributed by atoms with Crippen LogP contribution in [0.3, 0.4) is 0 Å². The number of nitrogens with zero attached hydrogens (tertiary/aromatic N) is 2. The first-order chi connectivity index (χ1) is 8.33. The summed E-state index contributed by atoms with van der Waals surface area (Å²) in [5, 5.41) is 21.5. The maximum absolute atomic E-state index is 11.5. The van der Waals surface area contributed by atoms with Crippen LogP contribution in [0, 0.1) is 5.39 Å². The summed E-state index contributed by atoms with van der Waals surface area (Å²) in [7, 11) is 4.81. The summed E-state index contributed by atoms with van der Waals surface area (Å²) in [6.45, 7) is 0. The predicted octanol–water partition coefficient (Wildman–Crippen LogP) is 3.11. The lowest BCUT2D eigenvalue weighted by Crippen LogP contribution is -1.90. The molecular weight excluding hydrogens is 299 g/mol. The molecular formula is C10H6Cl2N2O3S. The first-order valence-electron chi connectivity index (χ1n) is 4.51. The minimum absolute atomic E-state index is 0.0821. The minimum Gasteiger partial charge on any atom is -0.867 e. The average Bonchev–Trinajstić information content (AvgIpc) is 2.28. The van der Waals surface area contributed by atoms with Crippen molar-refractivity contribution >= 4 is 46.1 Å².